The number of para-hydroxylation sites is 1. The van der Waals surface area contributed by atoms with Crippen LogP contribution in [-0.4, -0.2) is 11.1 Å². The van der Waals surface area contributed by atoms with Crippen LogP contribution in [0.15, 0.2) is 42.5 Å². The molecule has 13 heavy (non-hydrogen) atoms. The fraction of sp³-hybridized carbons (Fsp3) is 0.182. The lowest BCUT2D eigenvalue weighted by Gasteiger charge is -2.11. The second-order valence-corrected chi connectivity index (χ2v) is 4.44. The number of hydrogen-bond acceptors (Lipinski definition) is 1. The lowest BCUT2D eigenvalue weighted by Crippen LogP contribution is -1.94. The van der Waals surface area contributed by atoms with E-state index >= 15 is 0 Å². The Morgan fingerprint density at radius 3 is 2.69 bits per heavy atom. The van der Waals surface area contributed by atoms with Gasteiger partial charge in [-0.2, -0.15) is 0 Å². The maximum absolute atomic E-state index is 5.78. The summed E-state index contributed by atoms with van der Waals surface area (Å²) < 4.78 is 5.78. The molecule has 1 aromatic rings. The van der Waals surface area contributed by atoms with Gasteiger partial charge in [0.1, 0.15) is 5.75 Å². The minimum Gasteiger partial charge on any atom is -0.434 e. The van der Waals surface area contributed by atoms with Crippen molar-refractivity contribution in [3.63, 3.8) is 0 Å². The quantitative estimate of drug-likeness (QED) is 0.654. The Balaban J connectivity index is 2.06. The Morgan fingerprint density at radius 1 is 1.15 bits per heavy atom. The van der Waals surface area contributed by atoms with Gasteiger partial charge in [0, 0.05) is 5.75 Å². The summed E-state index contributed by atoms with van der Waals surface area (Å²) in [5.41, 5.74) is 0. The van der Waals surface area contributed by atoms with Crippen molar-refractivity contribution in [3.8, 4) is 5.75 Å². The van der Waals surface area contributed by atoms with Gasteiger partial charge in [-0.25, -0.2) is 0 Å². The molecule has 0 aliphatic carbocycles. The van der Waals surface area contributed by atoms with Crippen molar-refractivity contribution in [2.24, 2.45) is 0 Å². The molecule has 1 aromatic carbocycles. The molecule has 0 radical (unpaired) electrons. The van der Waals surface area contributed by atoms with Gasteiger partial charge in [0.25, 0.3) is 0 Å². The first-order valence-electron chi connectivity index (χ1n) is 4.38. The molecule has 1 aliphatic rings. The molecule has 1 aliphatic heterocycles. The van der Waals surface area contributed by atoms with Gasteiger partial charge in [0.2, 0.25) is 0 Å². The monoisotopic (exact) mass is 192 g/mol. The molecule has 0 N–H and O–H groups in total. The Hall–Kier alpha value is -1.02. The summed E-state index contributed by atoms with van der Waals surface area (Å²) in [5.74, 6) is 2.09. The molecule has 1 nitrogen and oxygen atoms in total. The van der Waals surface area contributed by atoms with Crippen LogP contribution in [0.5, 0.6) is 5.75 Å². The molecule has 2 heteroatoms. The highest BCUT2D eigenvalue weighted by Crippen LogP contribution is 2.23. The molecule has 0 saturated heterocycles. The van der Waals surface area contributed by atoms with Gasteiger partial charge in [-0.15, -0.1) is 0 Å². The van der Waals surface area contributed by atoms with Crippen molar-refractivity contribution in [1.29, 1.82) is 0 Å². The normalized spacial score (nSPS) is 20.8. The molecule has 0 amide bonds. The second-order valence-electron chi connectivity index (χ2n) is 2.83. The number of rotatable bonds is 2. The zero-order chi connectivity index (χ0) is 8.93. The highest BCUT2D eigenvalue weighted by Gasteiger charge is 1.99. The van der Waals surface area contributed by atoms with E-state index in [1.807, 2.05) is 30.3 Å². The Labute approximate surface area is 81.2 Å². The fourth-order valence-corrected chi connectivity index (χ4v) is 2.45. The maximum atomic E-state index is 5.78. The average molecular weight is 192 g/mol. The third kappa shape index (κ3) is 2.46. The van der Waals surface area contributed by atoms with Crippen molar-refractivity contribution in [1.82, 2.24) is 0 Å². The van der Waals surface area contributed by atoms with Crippen LogP contribution < -0.4 is 4.18 Å². The predicted octanol–water partition coefficient (Wildman–Crippen LogP) is 3.01. The third-order valence-electron chi connectivity index (χ3n) is 1.80. The standard InChI is InChI=1S/C11H12OS/c1-3-7-11(8-4-1)12-13-9-5-2-6-10-13/h1-5,7-9H,6,10H2. The smallest absolute Gasteiger partial charge is 0.136 e. The molecule has 0 spiro atoms. The van der Waals surface area contributed by atoms with Gasteiger partial charge in [-0.1, -0.05) is 30.4 Å². The first-order valence-corrected chi connectivity index (χ1v) is 5.76. The minimum absolute atomic E-state index is 0.00744. The Morgan fingerprint density at radius 2 is 2.00 bits per heavy atom. The van der Waals surface area contributed by atoms with Crippen LogP contribution in [0.2, 0.25) is 0 Å². The van der Waals surface area contributed by atoms with E-state index in [9.17, 15) is 0 Å². The van der Waals surface area contributed by atoms with Crippen molar-refractivity contribution in [3.05, 3.63) is 42.5 Å². The summed E-state index contributed by atoms with van der Waals surface area (Å²) in [6, 6.07) is 10.00. The van der Waals surface area contributed by atoms with Crippen LogP contribution in [0.4, 0.5) is 0 Å². The third-order valence-corrected chi connectivity index (χ3v) is 3.30. The lowest BCUT2D eigenvalue weighted by atomic mass is 10.3. The summed E-state index contributed by atoms with van der Waals surface area (Å²) in [5, 5.41) is 2.14. The average Bonchev–Trinajstić information content (AvgIpc) is 2.21. The van der Waals surface area contributed by atoms with E-state index in [0.29, 0.717) is 0 Å². The van der Waals surface area contributed by atoms with Gasteiger partial charge in [-0.05, 0) is 34.7 Å². The highest BCUT2D eigenvalue weighted by atomic mass is 32.2. The van der Waals surface area contributed by atoms with E-state index < -0.39 is 0 Å². The van der Waals surface area contributed by atoms with E-state index in [4.69, 9.17) is 4.18 Å². The SMILES string of the molecule is C1=CCCS(Oc2ccccc2)=C1. The number of hydrogen-bond donors (Lipinski definition) is 0. The molecule has 0 aromatic heterocycles. The van der Waals surface area contributed by atoms with Crippen LogP contribution in [0.3, 0.4) is 0 Å². The summed E-state index contributed by atoms with van der Waals surface area (Å²) in [7, 11) is -0.00744. The zero-order valence-electron chi connectivity index (χ0n) is 7.35. The van der Waals surface area contributed by atoms with E-state index in [1.165, 1.54) is 0 Å². The molecule has 0 fully saturated rings. The molecule has 1 unspecified atom stereocenters. The van der Waals surface area contributed by atoms with Gasteiger partial charge in [-0.3, -0.25) is 0 Å². The second kappa shape index (κ2) is 4.28. The molecular formula is C11H12OS. The number of allylic oxidation sites excluding steroid dienone is 2. The molecule has 1 atom stereocenters. The predicted molar refractivity (Wildman–Crippen MR) is 59.3 cm³/mol. The van der Waals surface area contributed by atoms with Crippen molar-refractivity contribution in [2.75, 3.05) is 5.75 Å². The largest absolute Gasteiger partial charge is 0.434 e. The van der Waals surface area contributed by atoms with Gasteiger partial charge in [0.15, 0.2) is 0 Å². The van der Waals surface area contributed by atoms with E-state index in [0.717, 1.165) is 17.9 Å². The summed E-state index contributed by atoms with van der Waals surface area (Å²) in [6.07, 6.45) is 5.40. The lowest BCUT2D eigenvalue weighted by molar-refractivity contribution is 0.643. The van der Waals surface area contributed by atoms with Crippen LogP contribution >= 0.6 is 10.8 Å². The van der Waals surface area contributed by atoms with E-state index in [1.54, 1.807) is 0 Å². The van der Waals surface area contributed by atoms with Crippen molar-refractivity contribution in [2.45, 2.75) is 6.42 Å². The van der Waals surface area contributed by atoms with Crippen LogP contribution in [0, 0.1) is 0 Å². The molecule has 68 valence electrons. The summed E-state index contributed by atoms with van der Waals surface area (Å²) >= 11 is 0. The molecule has 0 bridgehead atoms. The molecule has 2 rings (SSSR count). The topological polar surface area (TPSA) is 9.23 Å². The maximum Gasteiger partial charge on any atom is 0.136 e. The van der Waals surface area contributed by atoms with Crippen molar-refractivity contribution >= 4 is 16.1 Å². The van der Waals surface area contributed by atoms with Crippen molar-refractivity contribution < 1.29 is 4.18 Å². The highest BCUT2D eigenvalue weighted by molar-refractivity contribution is 8.11. The van der Waals surface area contributed by atoms with Gasteiger partial charge < -0.3 is 4.18 Å². The zero-order valence-corrected chi connectivity index (χ0v) is 8.17. The summed E-state index contributed by atoms with van der Waals surface area (Å²) in [6.45, 7) is 0. The molecular weight excluding hydrogens is 180 g/mol. The van der Waals surface area contributed by atoms with E-state index in [2.05, 4.69) is 17.5 Å². The van der Waals surface area contributed by atoms with Crippen LogP contribution in [0.25, 0.3) is 0 Å². The molecule has 1 heterocycles. The first-order chi connectivity index (χ1) is 6.45. The van der Waals surface area contributed by atoms with E-state index in [-0.39, 0.29) is 10.8 Å². The van der Waals surface area contributed by atoms with Gasteiger partial charge in [0.05, 0.1) is 0 Å². The molecule has 0 saturated carbocycles. The Kier molecular flexibility index (Phi) is 2.82. The Bertz CT molecular complexity index is 327. The minimum atomic E-state index is -0.00744. The van der Waals surface area contributed by atoms with Crippen LogP contribution in [0.1, 0.15) is 6.42 Å². The first kappa shape index (κ1) is 8.57. The van der Waals surface area contributed by atoms with Crippen LogP contribution in [-0.2, 0) is 0 Å². The fourth-order valence-electron chi connectivity index (χ4n) is 1.16. The number of benzene rings is 1. The summed E-state index contributed by atoms with van der Waals surface area (Å²) in [4.78, 5) is 0. The van der Waals surface area contributed by atoms with Gasteiger partial charge >= 0.3 is 0 Å².